The van der Waals surface area contributed by atoms with Crippen LogP contribution in [-0.4, -0.2) is 10.5 Å². The SMILES string of the molecule is C#CCn1c(=NC(=O)c2cccc(Oc3ccccc3)c2)sc2cc(Cl)cc(Cl)c21. The zero-order valence-electron chi connectivity index (χ0n) is 15.5. The Balaban J connectivity index is 1.73. The van der Waals surface area contributed by atoms with Gasteiger partial charge in [0.2, 0.25) is 0 Å². The van der Waals surface area contributed by atoms with E-state index < -0.39 is 5.91 Å². The first-order valence-corrected chi connectivity index (χ1v) is 10.5. The molecule has 0 spiro atoms. The van der Waals surface area contributed by atoms with Crippen molar-refractivity contribution in [2.75, 3.05) is 0 Å². The van der Waals surface area contributed by atoms with Crippen molar-refractivity contribution in [2.45, 2.75) is 6.54 Å². The van der Waals surface area contributed by atoms with Crippen LogP contribution in [0.15, 0.2) is 71.7 Å². The average molecular weight is 453 g/mol. The van der Waals surface area contributed by atoms with Gasteiger partial charge in [0.15, 0.2) is 4.80 Å². The van der Waals surface area contributed by atoms with Gasteiger partial charge in [-0.1, -0.05) is 64.7 Å². The van der Waals surface area contributed by atoms with E-state index in [9.17, 15) is 4.79 Å². The first-order chi connectivity index (χ1) is 14.5. The zero-order valence-corrected chi connectivity index (χ0v) is 17.8. The van der Waals surface area contributed by atoms with Gasteiger partial charge in [0.25, 0.3) is 5.91 Å². The maximum Gasteiger partial charge on any atom is 0.279 e. The highest BCUT2D eigenvalue weighted by atomic mass is 35.5. The second-order valence-electron chi connectivity index (χ2n) is 6.27. The molecule has 1 aromatic heterocycles. The molecular formula is C23H14Cl2N2O2S. The smallest absolute Gasteiger partial charge is 0.279 e. The fourth-order valence-corrected chi connectivity index (χ4v) is 4.73. The molecule has 0 aliphatic heterocycles. The lowest BCUT2D eigenvalue weighted by atomic mass is 10.2. The zero-order chi connectivity index (χ0) is 21.1. The first kappa shape index (κ1) is 20.2. The average Bonchev–Trinajstić information content (AvgIpc) is 3.06. The number of carbonyl (C=O) groups is 1. The van der Waals surface area contributed by atoms with Gasteiger partial charge in [-0.25, -0.2) is 0 Å². The highest BCUT2D eigenvalue weighted by molar-refractivity contribution is 7.16. The molecule has 30 heavy (non-hydrogen) atoms. The molecule has 0 atom stereocenters. The van der Waals surface area contributed by atoms with Gasteiger partial charge in [-0.3, -0.25) is 4.79 Å². The first-order valence-electron chi connectivity index (χ1n) is 8.89. The van der Waals surface area contributed by atoms with E-state index in [0.717, 1.165) is 4.70 Å². The summed E-state index contributed by atoms with van der Waals surface area (Å²) in [6, 6.07) is 19.6. The van der Waals surface area contributed by atoms with Crippen LogP contribution in [0, 0.1) is 12.3 Å². The van der Waals surface area contributed by atoms with Crippen LogP contribution in [0.2, 0.25) is 10.0 Å². The van der Waals surface area contributed by atoms with E-state index >= 15 is 0 Å². The number of terminal acetylenes is 1. The van der Waals surface area contributed by atoms with Gasteiger partial charge in [0, 0.05) is 10.6 Å². The molecule has 3 aromatic carbocycles. The third-order valence-electron chi connectivity index (χ3n) is 4.20. The van der Waals surface area contributed by atoms with E-state index in [1.165, 1.54) is 11.3 Å². The van der Waals surface area contributed by atoms with E-state index in [1.807, 2.05) is 30.3 Å². The molecule has 0 saturated heterocycles. The summed E-state index contributed by atoms with van der Waals surface area (Å²) in [4.78, 5) is 17.6. The standard InChI is InChI=1S/C23H14Cl2N2O2S/c1-2-11-27-21-19(25)13-16(24)14-20(21)30-23(27)26-22(28)15-7-6-10-18(12-15)29-17-8-4-3-5-9-17/h1,3-10,12-14H,11H2. The lowest BCUT2D eigenvalue weighted by Crippen LogP contribution is -2.16. The van der Waals surface area contributed by atoms with E-state index in [1.54, 1.807) is 41.0 Å². The summed E-state index contributed by atoms with van der Waals surface area (Å²) < 4.78 is 8.34. The van der Waals surface area contributed by atoms with Crippen LogP contribution in [-0.2, 0) is 6.54 Å². The number of para-hydroxylation sites is 1. The highest BCUT2D eigenvalue weighted by Gasteiger charge is 2.13. The van der Waals surface area contributed by atoms with Crippen molar-refractivity contribution in [1.29, 1.82) is 0 Å². The number of benzene rings is 3. The van der Waals surface area contributed by atoms with Crippen molar-refractivity contribution in [1.82, 2.24) is 4.57 Å². The molecule has 0 unspecified atom stereocenters. The maximum absolute atomic E-state index is 12.9. The Morgan fingerprint density at radius 1 is 1.07 bits per heavy atom. The predicted octanol–water partition coefficient (Wildman–Crippen LogP) is 6.18. The molecule has 7 heteroatoms. The van der Waals surface area contributed by atoms with Crippen molar-refractivity contribution >= 4 is 50.7 Å². The summed E-state index contributed by atoms with van der Waals surface area (Å²) in [6.07, 6.45) is 5.52. The molecule has 4 aromatic rings. The molecule has 0 N–H and O–H groups in total. The summed E-state index contributed by atoms with van der Waals surface area (Å²) in [5.41, 5.74) is 1.11. The monoisotopic (exact) mass is 452 g/mol. The van der Waals surface area contributed by atoms with E-state index in [0.29, 0.717) is 37.4 Å². The van der Waals surface area contributed by atoms with Crippen LogP contribution in [0.5, 0.6) is 11.5 Å². The quantitative estimate of drug-likeness (QED) is 0.347. The molecule has 4 nitrogen and oxygen atoms in total. The van der Waals surface area contributed by atoms with Crippen molar-refractivity contribution in [2.24, 2.45) is 4.99 Å². The molecule has 0 aliphatic carbocycles. The van der Waals surface area contributed by atoms with Crippen molar-refractivity contribution in [3.63, 3.8) is 0 Å². The third kappa shape index (κ3) is 4.27. The number of rotatable bonds is 4. The van der Waals surface area contributed by atoms with Gasteiger partial charge >= 0.3 is 0 Å². The number of amides is 1. The number of nitrogens with zero attached hydrogens (tertiary/aromatic N) is 2. The summed E-state index contributed by atoms with van der Waals surface area (Å²) in [7, 11) is 0. The van der Waals surface area contributed by atoms with Gasteiger partial charge in [-0.05, 0) is 42.5 Å². The second kappa shape index (κ2) is 8.76. The van der Waals surface area contributed by atoms with Crippen LogP contribution in [0.3, 0.4) is 0 Å². The molecular weight excluding hydrogens is 439 g/mol. The van der Waals surface area contributed by atoms with Gasteiger partial charge in [-0.2, -0.15) is 4.99 Å². The summed E-state index contributed by atoms with van der Waals surface area (Å²) >= 11 is 13.8. The van der Waals surface area contributed by atoms with Crippen LogP contribution in [0.25, 0.3) is 10.2 Å². The van der Waals surface area contributed by atoms with Gasteiger partial charge in [0.1, 0.15) is 11.5 Å². The lowest BCUT2D eigenvalue weighted by Gasteiger charge is -2.06. The van der Waals surface area contributed by atoms with E-state index in [-0.39, 0.29) is 6.54 Å². The highest BCUT2D eigenvalue weighted by Crippen LogP contribution is 2.30. The van der Waals surface area contributed by atoms with Crippen molar-refractivity contribution < 1.29 is 9.53 Å². The molecule has 0 saturated carbocycles. The van der Waals surface area contributed by atoms with E-state index in [2.05, 4.69) is 10.9 Å². The number of thiazole rings is 1. The molecule has 0 radical (unpaired) electrons. The third-order valence-corrected chi connectivity index (χ3v) is 5.73. The molecule has 4 rings (SSSR count). The van der Waals surface area contributed by atoms with Gasteiger partial charge in [0.05, 0.1) is 21.8 Å². The van der Waals surface area contributed by atoms with E-state index in [4.69, 9.17) is 34.4 Å². The van der Waals surface area contributed by atoms with Crippen LogP contribution >= 0.6 is 34.5 Å². The summed E-state index contributed by atoms with van der Waals surface area (Å²) in [6.45, 7) is 0.227. The fourth-order valence-electron chi connectivity index (χ4n) is 2.92. The Bertz CT molecular complexity index is 1350. The molecule has 148 valence electrons. The Labute approximate surface area is 187 Å². The second-order valence-corrected chi connectivity index (χ2v) is 8.12. The van der Waals surface area contributed by atoms with Gasteiger partial charge < -0.3 is 9.30 Å². The van der Waals surface area contributed by atoms with Crippen molar-refractivity contribution in [3.8, 4) is 23.8 Å². The van der Waals surface area contributed by atoms with Crippen LogP contribution in [0.4, 0.5) is 0 Å². The van der Waals surface area contributed by atoms with Crippen LogP contribution < -0.4 is 9.54 Å². The number of aromatic nitrogens is 1. The Morgan fingerprint density at radius 3 is 2.60 bits per heavy atom. The predicted molar refractivity (Wildman–Crippen MR) is 122 cm³/mol. The maximum atomic E-state index is 12.9. The minimum Gasteiger partial charge on any atom is -0.457 e. The molecule has 0 fully saturated rings. The van der Waals surface area contributed by atoms with Crippen molar-refractivity contribution in [3.05, 3.63) is 87.1 Å². The normalized spacial score (nSPS) is 11.4. The number of carbonyl (C=O) groups excluding carboxylic acids is 1. The topological polar surface area (TPSA) is 43.6 Å². The Hall–Kier alpha value is -3.04. The van der Waals surface area contributed by atoms with Crippen LogP contribution in [0.1, 0.15) is 10.4 Å². The summed E-state index contributed by atoms with van der Waals surface area (Å²) in [5.74, 6) is 3.40. The number of ether oxygens (including phenoxy) is 1. The Kier molecular flexibility index (Phi) is 5.91. The lowest BCUT2D eigenvalue weighted by molar-refractivity contribution is 0.0997. The summed E-state index contributed by atoms with van der Waals surface area (Å²) in [5, 5.41) is 0.960. The number of hydrogen-bond donors (Lipinski definition) is 0. The fraction of sp³-hybridized carbons (Fsp3) is 0.0435. The molecule has 0 bridgehead atoms. The molecule has 1 amide bonds. The largest absolute Gasteiger partial charge is 0.457 e. The van der Waals surface area contributed by atoms with Gasteiger partial charge in [-0.15, -0.1) is 6.42 Å². The molecule has 0 aliphatic rings. The number of halogens is 2. The Morgan fingerprint density at radius 2 is 1.83 bits per heavy atom. The minimum atomic E-state index is -0.409. The number of fused-ring (bicyclic) bond motifs is 1. The minimum absolute atomic E-state index is 0.227. The molecule has 1 heterocycles. The number of hydrogen-bond acceptors (Lipinski definition) is 3.